The highest BCUT2D eigenvalue weighted by atomic mass is 32.2. The predicted octanol–water partition coefficient (Wildman–Crippen LogP) is 0.600. The maximum absolute atomic E-state index is 12.3. The van der Waals surface area contributed by atoms with E-state index in [0.717, 1.165) is 17.7 Å². The molecule has 0 atom stereocenters. The van der Waals surface area contributed by atoms with E-state index in [-0.39, 0.29) is 12.5 Å². The second-order valence-electron chi connectivity index (χ2n) is 4.45. The molecule has 102 valence electrons. The van der Waals surface area contributed by atoms with Crippen molar-refractivity contribution in [2.45, 2.75) is 23.6 Å². The van der Waals surface area contributed by atoms with Crippen LogP contribution in [0.5, 0.6) is 0 Å². The minimum absolute atomic E-state index is 0.143. The molecule has 0 bridgehead atoms. The molecule has 1 aliphatic rings. The monoisotopic (exact) mass is 290 g/mol. The summed E-state index contributed by atoms with van der Waals surface area (Å²) in [4.78, 5) is 0.874. The smallest absolute Gasteiger partial charge is 0.252 e. The first-order valence-electron chi connectivity index (χ1n) is 5.97. The zero-order chi connectivity index (χ0) is 13.2. The number of aliphatic hydroxyl groups is 1. The van der Waals surface area contributed by atoms with Crippen LogP contribution in [0.4, 0.5) is 0 Å². The van der Waals surface area contributed by atoms with E-state index in [0.29, 0.717) is 23.8 Å². The Morgan fingerprint density at radius 3 is 2.56 bits per heavy atom. The van der Waals surface area contributed by atoms with Crippen LogP contribution in [0.3, 0.4) is 0 Å². The van der Waals surface area contributed by atoms with Crippen molar-refractivity contribution in [3.8, 4) is 0 Å². The fourth-order valence-electron chi connectivity index (χ4n) is 2.07. The number of nitrogens with zero attached hydrogens (tertiary/aromatic N) is 1. The number of thiophene rings is 1. The van der Waals surface area contributed by atoms with Crippen molar-refractivity contribution in [3.63, 3.8) is 0 Å². The second kappa shape index (κ2) is 5.66. The molecule has 2 rings (SSSR count). The molecule has 0 aliphatic carbocycles. The fourth-order valence-corrected chi connectivity index (χ4v) is 4.92. The van der Waals surface area contributed by atoms with Gasteiger partial charge in [-0.1, -0.05) is 0 Å². The normalized spacial score (nSPS) is 19.2. The molecular formula is C11H18N2O3S2. The molecule has 1 aromatic rings. The van der Waals surface area contributed by atoms with Crippen LogP contribution in [0.2, 0.25) is 0 Å². The molecule has 0 saturated carbocycles. The van der Waals surface area contributed by atoms with E-state index in [1.165, 1.54) is 15.6 Å². The number of hydrogen-bond donors (Lipinski definition) is 2. The van der Waals surface area contributed by atoms with Gasteiger partial charge in [-0.25, -0.2) is 8.42 Å². The Kier molecular flexibility index (Phi) is 4.39. The van der Waals surface area contributed by atoms with Gasteiger partial charge in [0.2, 0.25) is 0 Å². The van der Waals surface area contributed by atoms with Crippen molar-refractivity contribution < 1.29 is 13.5 Å². The molecular weight excluding hydrogens is 272 g/mol. The molecule has 1 saturated heterocycles. The highest BCUT2D eigenvalue weighted by molar-refractivity contribution is 7.91. The van der Waals surface area contributed by atoms with E-state index in [1.54, 1.807) is 12.1 Å². The van der Waals surface area contributed by atoms with Gasteiger partial charge in [-0.15, -0.1) is 11.3 Å². The average molecular weight is 290 g/mol. The molecule has 1 fully saturated rings. The lowest BCUT2D eigenvalue weighted by Gasteiger charge is -2.29. The van der Waals surface area contributed by atoms with E-state index in [2.05, 4.69) is 0 Å². The Balaban J connectivity index is 2.12. The number of hydrogen-bond acceptors (Lipinski definition) is 5. The van der Waals surface area contributed by atoms with Gasteiger partial charge in [0.05, 0.1) is 0 Å². The van der Waals surface area contributed by atoms with Gasteiger partial charge in [0.1, 0.15) is 4.21 Å². The predicted molar refractivity (Wildman–Crippen MR) is 70.8 cm³/mol. The van der Waals surface area contributed by atoms with Gasteiger partial charge in [0, 0.05) is 31.1 Å². The minimum atomic E-state index is -3.37. The van der Waals surface area contributed by atoms with Crippen molar-refractivity contribution >= 4 is 21.4 Å². The summed E-state index contributed by atoms with van der Waals surface area (Å²) in [5.74, 6) is 0.236. The number of piperidine rings is 1. The average Bonchev–Trinajstić information content (AvgIpc) is 2.88. The first-order valence-corrected chi connectivity index (χ1v) is 8.23. The molecule has 1 aliphatic heterocycles. The number of rotatable bonds is 4. The Bertz CT molecular complexity index is 490. The van der Waals surface area contributed by atoms with Gasteiger partial charge in [-0.05, 0) is 30.9 Å². The molecule has 1 aromatic heterocycles. The highest BCUT2D eigenvalue weighted by Gasteiger charge is 2.30. The van der Waals surface area contributed by atoms with Crippen molar-refractivity contribution in [1.29, 1.82) is 0 Å². The first-order chi connectivity index (χ1) is 8.57. The summed E-state index contributed by atoms with van der Waals surface area (Å²) >= 11 is 1.24. The maximum Gasteiger partial charge on any atom is 0.252 e. The summed E-state index contributed by atoms with van der Waals surface area (Å²) in [6.07, 6.45) is 1.45. The molecule has 2 heterocycles. The lowest BCUT2D eigenvalue weighted by molar-refractivity contribution is 0.170. The third-order valence-electron chi connectivity index (χ3n) is 3.26. The lowest BCUT2D eigenvalue weighted by atomic mass is 10.00. The Labute approximate surface area is 111 Å². The zero-order valence-electron chi connectivity index (χ0n) is 10.1. The van der Waals surface area contributed by atoms with E-state index in [9.17, 15) is 8.42 Å². The molecule has 0 aromatic carbocycles. The summed E-state index contributed by atoms with van der Waals surface area (Å²) in [6, 6.07) is 3.39. The maximum atomic E-state index is 12.3. The summed E-state index contributed by atoms with van der Waals surface area (Å²) in [5, 5.41) is 9.05. The standard InChI is InChI=1S/C11H18N2O3S2/c12-7-10-1-2-11(17-10)18(15,16)13-5-3-9(8-14)4-6-13/h1-2,9,14H,3-8,12H2. The molecule has 7 heteroatoms. The van der Waals surface area contributed by atoms with Crippen molar-refractivity contribution in [1.82, 2.24) is 4.31 Å². The van der Waals surface area contributed by atoms with Crippen LogP contribution in [-0.4, -0.2) is 37.5 Å². The Morgan fingerprint density at radius 1 is 1.39 bits per heavy atom. The third kappa shape index (κ3) is 2.75. The topological polar surface area (TPSA) is 83.6 Å². The van der Waals surface area contributed by atoms with E-state index in [1.807, 2.05) is 0 Å². The van der Waals surface area contributed by atoms with Crippen molar-refractivity contribution in [2.75, 3.05) is 19.7 Å². The Morgan fingerprint density at radius 2 is 2.06 bits per heavy atom. The highest BCUT2D eigenvalue weighted by Crippen LogP contribution is 2.28. The van der Waals surface area contributed by atoms with E-state index in [4.69, 9.17) is 10.8 Å². The molecule has 0 unspecified atom stereocenters. The molecule has 0 spiro atoms. The van der Waals surface area contributed by atoms with Crippen LogP contribution in [0.25, 0.3) is 0 Å². The summed E-state index contributed by atoms with van der Waals surface area (Å²) in [5.41, 5.74) is 5.50. The van der Waals surface area contributed by atoms with Gasteiger partial charge in [-0.2, -0.15) is 4.31 Å². The molecule has 5 nitrogen and oxygen atoms in total. The Hall–Kier alpha value is -0.470. The third-order valence-corrected chi connectivity index (χ3v) is 6.74. The quantitative estimate of drug-likeness (QED) is 0.850. The lowest BCUT2D eigenvalue weighted by Crippen LogP contribution is -2.38. The summed E-state index contributed by atoms with van der Waals surface area (Å²) in [7, 11) is -3.37. The summed E-state index contributed by atoms with van der Waals surface area (Å²) < 4.78 is 26.6. The van der Waals surface area contributed by atoms with Crippen LogP contribution in [0, 0.1) is 5.92 Å². The van der Waals surface area contributed by atoms with Gasteiger partial charge in [0.15, 0.2) is 0 Å². The second-order valence-corrected chi connectivity index (χ2v) is 7.79. The zero-order valence-corrected chi connectivity index (χ0v) is 11.7. The van der Waals surface area contributed by atoms with Gasteiger partial charge < -0.3 is 10.8 Å². The van der Waals surface area contributed by atoms with Gasteiger partial charge >= 0.3 is 0 Å². The molecule has 3 N–H and O–H groups in total. The van der Waals surface area contributed by atoms with Crippen molar-refractivity contribution in [2.24, 2.45) is 11.7 Å². The van der Waals surface area contributed by atoms with Gasteiger partial charge in [-0.3, -0.25) is 0 Å². The van der Waals surface area contributed by atoms with Crippen LogP contribution in [-0.2, 0) is 16.6 Å². The molecule has 18 heavy (non-hydrogen) atoms. The van der Waals surface area contributed by atoms with Gasteiger partial charge in [0.25, 0.3) is 10.0 Å². The number of sulfonamides is 1. The molecule has 0 radical (unpaired) electrons. The van der Waals surface area contributed by atoms with Crippen LogP contribution in [0.15, 0.2) is 16.3 Å². The van der Waals surface area contributed by atoms with Crippen LogP contribution >= 0.6 is 11.3 Å². The SMILES string of the molecule is NCc1ccc(S(=O)(=O)N2CCC(CO)CC2)s1. The van der Waals surface area contributed by atoms with Crippen LogP contribution < -0.4 is 5.73 Å². The number of nitrogens with two attached hydrogens (primary N) is 1. The fraction of sp³-hybridized carbons (Fsp3) is 0.636. The molecule has 0 amide bonds. The van der Waals surface area contributed by atoms with E-state index < -0.39 is 10.0 Å². The summed E-state index contributed by atoms with van der Waals surface area (Å²) in [6.45, 7) is 1.49. The number of aliphatic hydroxyl groups excluding tert-OH is 1. The minimum Gasteiger partial charge on any atom is -0.396 e. The van der Waals surface area contributed by atoms with Crippen molar-refractivity contribution in [3.05, 3.63) is 17.0 Å². The largest absolute Gasteiger partial charge is 0.396 e. The first kappa shape index (κ1) is 14.0. The van der Waals surface area contributed by atoms with Crippen LogP contribution in [0.1, 0.15) is 17.7 Å². The van der Waals surface area contributed by atoms with E-state index >= 15 is 0 Å².